The van der Waals surface area contributed by atoms with Crippen LogP contribution in [0.25, 0.3) is 0 Å². The summed E-state index contributed by atoms with van der Waals surface area (Å²) in [5.74, 6) is 0.0114. The lowest BCUT2D eigenvalue weighted by molar-refractivity contribution is -0.140. The Labute approximate surface area is 137 Å². The number of nitrogens with one attached hydrogen (secondary N) is 1. The molecule has 124 valence electrons. The fraction of sp³-hybridized carbons (Fsp3) is 0.474. The molecular formula is C19H25NO3. The van der Waals surface area contributed by atoms with Crippen molar-refractivity contribution in [3.05, 3.63) is 42.5 Å². The summed E-state index contributed by atoms with van der Waals surface area (Å²) in [6.45, 7) is 2.02. The first-order valence-corrected chi connectivity index (χ1v) is 8.17. The van der Waals surface area contributed by atoms with Crippen molar-refractivity contribution in [1.82, 2.24) is 0 Å². The molecule has 0 spiro atoms. The minimum Gasteiger partial charge on any atom is -0.469 e. The predicted molar refractivity (Wildman–Crippen MR) is 91.2 cm³/mol. The molecule has 0 bridgehead atoms. The van der Waals surface area contributed by atoms with E-state index in [2.05, 4.69) is 10.1 Å². The molecule has 1 aliphatic carbocycles. The Kier molecular flexibility index (Phi) is 5.97. The Morgan fingerprint density at radius 3 is 2.65 bits per heavy atom. The smallest absolute Gasteiger partial charge is 0.305 e. The maximum Gasteiger partial charge on any atom is 0.305 e. The van der Waals surface area contributed by atoms with E-state index in [0.29, 0.717) is 6.42 Å². The van der Waals surface area contributed by atoms with Gasteiger partial charge < -0.3 is 10.1 Å². The molecule has 2 rings (SSSR count). The van der Waals surface area contributed by atoms with Gasteiger partial charge in [0.05, 0.1) is 18.6 Å². The SMILES string of the molecule is COC(=O)CCCCC[C@]1(C)C(=O)C=C[C@H]1Nc1ccccc1. The summed E-state index contributed by atoms with van der Waals surface area (Å²) in [7, 11) is 1.41. The summed E-state index contributed by atoms with van der Waals surface area (Å²) in [6, 6.07) is 9.96. The number of ketones is 1. The Morgan fingerprint density at radius 2 is 1.96 bits per heavy atom. The van der Waals surface area contributed by atoms with Gasteiger partial charge in [0.1, 0.15) is 0 Å². The van der Waals surface area contributed by atoms with Crippen molar-refractivity contribution < 1.29 is 14.3 Å². The first kappa shape index (κ1) is 17.3. The summed E-state index contributed by atoms with van der Waals surface area (Å²) in [5.41, 5.74) is 0.606. The Morgan fingerprint density at radius 1 is 1.22 bits per heavy atom. The van der Waals surface area contributed by atoms with E-state index in [1.165, 1.54) is 7.11 Å². The molecule has 1 N–H and O–H groups in total. The van der Waals surface area contributed by atoms with E-state index in [9.17, 15) is 9.59 Å². The molecule has 0 aliphatic heterocycles. The third-order valence-electron chi connectivity index (χ3n) is 4.59. The van der Waals surface area contributed by atoms with Gasteiger partial charge in [-0.1, -0.05) is 44.0 Å². The van der Waals surface area contributed by atoms with E-state index in [1.807, 2.05) is 43.3 Å². The monoisotopic (exact) mass is 315 g/mol. The molecule has 0 radical (unpaired) electrons. The number of allylic oxidation sites excluding steroid dienone is 1. The quantitative estimate of drug-likeness (QED) is 0.586. The first-order chi connectivity index (χ1) is 11.1. The highest BCUT2D eigenvalue weighted by atomic mass is 16.5. The zero-order chi connectivity index (χ0) is 16.7. The van der Waals surface area contributed by atoms with E-state index in [-0.39, 0.29) is 17.8 Å². The molecule has 0 fully saturated rings. The van der Waals surface area contributed by atoms with E-state index in [4.69, 9.17) is 0 Å². The van der Waals surface area contributed by atoms with Crippen LogP contribution in [0.1, 0.15) is 39.0 Å². The highest BCUT2D eigenvalue weighted by Crippen LogP contribution is 2.37. The number of anilines is 1. The van der Waals surface area contributed by atoms with Gasteiger partial charge in [0.15, 0.2) is 5.78 Å². The van der Waals surface area contributed by atoms with Crippen LogP contribution in [0.2, 0.25) is 0 Å². The van der Waals surface area contributed by atoms with Crippen molar-refractivity contribution in [2.24, 2.45) is 5.41 Å². The van der Waals surface area contributed by atoms with Gasteiger partial charge >= 0.3 is 5.97 Å². The average molecular weight is 315 g/mol. The first-order valence-electron chi connectivity index (χ1n) is 8.17. The van der Waals surface area contributed by atoms with Crippen LogP contribution in [-0.2, 0) is 14.3 Å². The molecule has 0 saturated heterocycles. The normalized spacial score (nSPS) is 23.0. The van der Waals surface area contributed by atoms with Gasteiger partial charge in [-0.2, -0.15) is 0 Å². The zero-order valence-corrected chi connectivity index (χ0v) is 13.9. The number of hydrogen-bond acceptors (Lipinski definition) is 4. The summed E-state index contributed by atoms with van der Waals surface area (Å²) in [4.78, 5) is 23.4. The number of carbonyl (C=O) groups excluding carboxylic acids is 2. The van der Waals surface area contributed by atoms with E-state index in [0.717, 1.165) is 31.4 Å². The lowest BCUT2D eigenvalue weighted by atomic mass is 9.78. The van der Waals surface area contributed by atoms with Crippen LogP contribution in [0, 0.1) is 5.41 Å². The second-order valence-electron chi connectivity index (χ2n) is 6.27. The van der Waals surface area contributed by atoms with Crippen LogP contribution in [-0.4, -0.2) is 24.9 Å². The molecule has 4 heteroatoms. The number of carbonyl (C=O) groups is 2. The second-order valence-corrected chi connectivity index (χ2v) is 6.27. The van der Waals surface area contributed by atoms with Gasteiger partial charge in [-0.25, -0.2) is 0 Å². The van der Waals surface area contributed by atoms with Crippen molar-refractivity contribution in [3.8, 4) is 0 Å². The van der Waals surface area contributed by atoms with Crippen LogP contribution in [0.5, 0.6) is 0 Å². The number of unbranched alkanes of at least 4 members (excludes halogenated alkanes) is 2. The van der Waals surface area contributed by atoms with Gasteiger partial charge in [-0.3, -0.25) is 9.59 Å². The minimum absolute atomic E-state index is 0.0120. The van der Waals surface area contributed by atoms with Gasteiger partial charge in [0.2, 0.25) is 0 Å². The maximum absolute atomic E-state index is 12.3. The molecule has 0 amide bonds. The number of ether oxygens (including phenoxy) is 1. The van der Waals surface area contributed by atoms with Crippen LogP contribution >= 0.6 is 0 Å². The van der Waals surface area contributed by atoms with Crippen LogP contribution < -0.4 is 5.32 Å². The molecule has 0 aromatic heterocycles. The Hall–Kier alpha value is -2.10. The lowest BCUT2D eigenvalue weighted by Gasteiger charge is -2.31. The largest absolute Gasteiger partial charge is 0.469 e. The molecule has 0 saturated carbocycles. The van der Waals surface area contributed by atoms with E-state index < -0.39 is 5.41 Å². The number of benzene rings is 1. The maximum atomic E-state index is 12.3. The molecule has 0 heterocycles. The third-order valence-corrected chi connectivity index (χ3v) is 4.59. The van der Waals surface area contributed by atoms with Gasteiger partial charge in [-0.15, -0.1) is 0 Å². The van der Waals surface area contributed by atoms with Crippen molar-refractivity contribution >= 4 is 17.4 Å². The zero-order valence-electron chi connectivity index (χ0n) is 13.9. The molecule has 1 aliphatic rings. The van der Waals surface area contributed by atoms with Gasteiger partial charge in [0, 0.05) is 12.1 Å². The highest BCUT2D eigenvalue weighted by Gasteiger charge is 2.41. The summed E-state index contributed by atoms with van der Waals surface area (Å²) >= 11 is 0. The third kappa shape index (κ3) is 4.44. The van der Waals surface area contributed by atoms with Crippen molar-refractivity contribution in [1.29, 1.82) is 0 Å². The predicted octanol–water partition coefficient (Wildman–Crippen LogP) is 3.74. The lowest BCUT2D eigenvalue weighted by Crippen LogP contribution is -2.38. The number of rotatable bonds is 8. The summed E-state index contributed by atoms with van der Waals surface area (Å²) in [5, 5.41) is 3.45. The highest BCUT2D eigenvalue weighted by molar-refractivity contribution is 5.98. The molecule has 1 aromatic rings. The Bertz CT molecular complexity index is 567. The minimum atomic E-state index is -0.416. The Balaban J connectivity index is 1.86. The van der Waals surface area contributed by atoms with E-state index in [1.54, 1.807) is 6.08 Å². The number of methoxy groups -OCH3 is 1. The molecule has 23 heavy (non-hydrogen) atoms. The van der Waals surface area contributed by atoms with Crippen LogP contribution in [0.4, 0.5) is 5.69 Å². The van der Waals surface area contributed by atoms with E-state index >= 15 is 0 Å². The molecule has 1 aromatic carbocycles. The van der Waals surface area contributed by atoms with Crippen LogP contribution in [0.3, 0.4) is 0 Å². The van der Waals surface area contributed by atoms with Gasteiger partial charge in [0.25, 0.3) is 0 Å². The molecular weight excluding hydrogens is 290 g/mol. The second kappa shape index (κ2) is 7.95. The topological polar surface area (TPSA) is 55.4 Å². The van der Waals surface area contributed by atoms with Crippen molar-refractivity contribution in [3.63, 3.8) is 0 Å². The van der Waals surface area contributed by atoms with Crippen LogP contribution in [0.15, 0.2) is 42.5 Å². The summed E-state index contributed by atoms with van der Waals surface area (Å²) < 4.78 is 4.64. The molecule has 2 atom stereocenters. The van der Waals surface area contributed by atoms with Crippen molar-refractivity contribution in [2.45, 2.75) is 45.1 Å². The van der Waals surface area contributed by atoms with Gasteiger partial charge in [-0.05, 0) is 31.1 Å². The number of hydrogen-bond donors (Lipinski definition) is 1. The fourth-order valence-electron chi connectivity index (χ4n) is 2.98. The molecule has 4 nitrogen and oxygen atoms in total. The fourth-order valence-corrected chi connectivity index (χ4v) is 2.98. The standard InChI is InChI=1S/C19H25NO3/c1-19(14-8-4-7-11-18(22)23-2)16(12-13-17(19)21)20-15-9-5-3-6-10-15/h3,5-6,9-10,12-13,16,20H,4,7-8,11,14H2,1-2H3/t16-,19+/m1/s1. The van der Waals surface area contributed by atoms with Crippen molar-refractivity contribution in [2.75, 3.05) is 12.4 Å². The average Bonchev–Trinajstić information content (AvgIpc) is 2.84. The molecule has 0 unspecified atom stereocenters. The number of esters is 1. The number of para-hydroxylation sites is 1. The summed E-state index contributed by atoms with van der Waals surface area (Å²) in [6.07, 6.45) is 7.57.